The largest absolute Gasteiger partial charge is 0.483 e. The first kappa shape index (κ1) is 20.0. The molecule has 3 rings (SSSR count). The third-order valence-corrected chi connectivity index (χ3v) is 5.04. The Bertz CT molecular complexity index is 958. The Hall–Kier alpha value is -2.79. The number of ether oxygens (including phenoxy) is 1. The molecule has 0 saturated carbocycles. The summed E-state index contributed by atoms with van der Waals surface area (Å²) in [4.78, 5) is 12.0. The molecule has 0 fully saturated rings. The van der Waals surface area contributed by atoms with Gasteiger partial charge in [-0.15, -0.1) is 0 Å². The van der Waals surface area contributed by atoms with Crippen molar-refractivity contribution in [2.75, 3.05) is 17.2 Å². The monoisotopic (exact) mass is 438 g/mol. The highest BCUT2D eigenvalue weighted by Crippen LogP contribution is 2.26. The molecule has 0 aliphatic carbocycles. The highest BCUT2D eigenvalue weighted by atomic mass is 79.9. The molecule has 0 unspecified atom stereocenters. The Labute approximate surface area is 174 Å². The van der Waals surface area contributed by atoms with Crippen LogP contribution in [0.25, 0.3) is 0 Å². The highest BCUT2D eigenvalue weighted by Gasteiger charge is 2.07. The number of amides is 1. The second-order valence-corrected chi connectivity index (χ2v) is 7.47. The Morgan fingerprint density at radius 3 is 2.43 bits per heavy atom. The van der Waals surface area contributed by atoms with E-state index in [1.54, 1.807) is 0 Å². The molecule has 0 bridgehead atoms. The molecule has 1 amide bonds. The van der Waals surface area contributed by atoms with Gasteiger partial charge >= 0.3 is 0 Å². The van der Waals surface area contributed by atoms with Crippen molar-refractivity contribution >= 4 is 33.2 Å². The number of anilines is 2. The van der Waals surface area contributed by atoms with E-state index >= 15 is 0 Å². The van der Waals surface area contributed by atoms with E-state index in [9.17, 15) is 4.79 Å². The number of carbonyl (C=O) groups excluding carboxylic acids is 1. The van der Waals surface area contributed by atoms with Crippen LogP contribution in [0.4, 0.5) is 11.4 Å². The third kappa shape index (κ3) is 5.60. The second kappa shape index (κ2) is 9.42. The van der Waals surface area contributed by atoms with Gasteiger partial charge in [0.2, 0.25) is 0 Å². The van der Waals surface area contributed by atoms with Gasteiger partial charge in [0.15, 0.2) is 6.61 Å². The summed E-state index contributed by atoms with van der Waals surface area (Å²) >= 11 is 3.53. The predicted octanol–water partition coefficient (Wildman–Crippen LogP) is 5.70. The number of nitrogens with one attached hydrogen (secondary N) is 2. The van der Waals surface area contributed by atoms with Gasteiger partial charge in [-0.05, 0) is 82.9 Å². The molecule has 0 heterocycles. The lowest BCUT2D eigenvalue weighted by molar-refractivity contribution is -0.118. The highest BCUT2D eigenvalue weighted by molar-refractivity contribution is 9.10. The summed E-state index contributed by atoms with van der Waals surface area (Å²) in [5.74, 6) is 0.441. The Balaban J connectivity index is 1.53. The van der Waals surface area contributed by atoms with E-state index in [-0.39, 0.29) is 12.5 Å². The van der Waals surface area contributed by atoms with Crippen LogP contribution in [-0.4, -0.2) is 12.5 Å². The molecule has 0 aliphatic heterocycles. The van der Waals surface area contributed by atoms with Gasteiger partial charge in [0.25, 0.3) is 5.91 Å². The summed E-state index contributed by atoms with van der Waals surface area (Å²) in [6.07, 6.45) is 0. The average Bonchev–Trinajstić information content (AvgIpc) is 2.69. The van der Waals surface area contributed by atoms with Crippen molar-refractivity contribution in [3.8, 4) is 5.75 Å². The van der Waals surface area contributed by atoms with Gasteiger partial charge in [0, 0.05) is 17.9 Å². The van der Waals surface area contributed by atoms with E-state index in [4.69, 9.17) is 4.74 Å². The maximum Gasteiger partial charge on any atom is 0.262 e. The van der Waals surface area contributed by atoms with E-state index in [1.165, 1.54) is 11.1 Å². The average molecular weight is 439 g/mol. The van der Waals surface area contributed by atoms with Crippen molar-refractivity contribution in [3.63, 3.8) is 0 Å². The number of benzene rings is 3. The predicted molar refractivity (Wildman–Crippen MR) is 118 cm³/mol. The van der Waals surface area contributed by atoms with Gasteiger partial charge in [-0.25, -0.2) is 0 Å². The van der Waals surface area contributed by atoms with Crippen LogP contribution in [0.1, 0.15) is 16.7 Å². The fourth-order valence-corrected chi connectivity index (χ4v) is 3.23. The van der Waals surface area contributed by atoms with Crippen molar-refractivity contribution in [2.24, 2.45) is 0 Å². The van der Waals surface area contributed by atoms with Crippen molar-refractivity contribution in [1.82, 2.24) is 0 Å². The minimum atomic E-state index is -0.196. The molecule has 144 valence electrons. The molecule has 5 heteroatoms. The van der Waals surface area contributed by atoms with Crippen LogP contribution < -0.4 is 15.4 Å². The van der Waals surface area contributed by atoms with Crippen LogP contribution in [-0.2, 0) is 11.3 Å². The Morgan fingerprint density at radius 2 is 1.71 bits per heavy atom. The van der Waals surface area contributed by atoms with Crippen LogP contribution >= 0.6 is 15.9 Å². The van der Waals surface area contributed by atoms with Gasteiger partial charge in [0.1, 0.15) is 5.75 Å². The lowest BCUT2D eigenvalue weighted by atomic mass is 10.1. The van der Waals surface area contributed by atoms with E-state index in [0.29, 0.717) is 12.3 Å². The zero-order valence-electron chi connectivity index (χ0n) is 16.0. The smallest absolute Gasteiger partial charge is 0.262 e. The number of hydrogen-bond acceptors (Lipinski definition) is 3. The van der Waals surface area contributed by atoms with Crippen LogP contribution in [0.15, 0.2) is 71.2 Å². The topological polar surface area (TPSA) is 50.4 Å². The zero-order chi connectivity index (χ0) is 19.9. The maximum atomic E-state index is 12.0. The van der Waals surface area contributed by atoms with E-state index in [0.717, 1.165) is 21.4 Å². The summed E-state index contributed by atoms with van der Waals surface area (Å²) in [7, 11) is 0. The van der Waals surface area contributed by atoms with Gasteiger partial charge in [-0.3, -0.25) is 4.79 Å². The standard InChI is InChI=1S/C23H23BrN2O2/c1-16-8-10-20(12-17(16)2)25-14-18-9-11-22(21(24)13-18)28-15-23(27)26-19-6-4-3-5-7-19/h3-13,25H,14-15H2,1-2H3,(H,26,27). The molecular weight excluding hydrogens is 416 g/mol. The first-order valence-electron chi connectivity index (χ1n) is 9.08. The number of aryl methyl sites for hydroxylation is 2. The van der Waals surface area contributed by atoms with E-state index < -0.39 is 0 Å². The van der Waals surface area contributed by atoms with E-state index in [1.807, 2.05) is 48.5 Å². The van der Waals surface area contributed by atoms with E-state index in [2.05, 4.69) is 58.6 Å². The van der Waals surface area contributed by atoms with Gasteiger partial charge in [-0.1, -0.05) is 30.3 Å². The minimum Gasteiger partial charge on any atom is -0.483 e. The van der Waals surface area contributed by atoms with Crippen molar-refractivity contribution in [1.29, 1.82) is 0 Å². The molecule has 4 nitrogen and oxygen atoms in total. The Morgan fingerprint density at radius 1 is 0.929 bits per heavy atom. The lowest BCUT2D eigenvalue weighted by Gasteiger charge is -2.12. The quantitative estimate of drug-likeness (QED) is 0.497. The number of para-hydroxylation sites is 1. The molecule has 0 radical (unpaired) electrons. The molecular formula is C23H23BrN2O2. The minimum absolute atomic E-state index is 0.0479. The maximum absolute atomic E-state index is 12.0. The lowest BCUT2D eigenvalue weighted by Crippen LogP contribution is -2.20. The van der Waals surface area contributed by atoms with Crippen LogP contribution in [0.2, 0.25) is 0 Å². The van der Waals surface area contributed by atoms with Crippen molar-refractivity contribution < 1.29 is 9.53 Å². The Kier molecular flexibility index (Phi) is 6.71. The molecule has 0 atom stereocenters. The number of carbonyl (C=O) groups is 1. The van der Waals surface area contributed by atoms with Gasteiger partial charge < -0.3 is 15.4 Å². The zero-order valence-corrected chi connectivity index (χ0v) is 17.5. The number of halogens is 1. The molecule has 0 aromatic heterocycles. The summed E-state index contributed by atoms with van der Waals surface area (Å²) in [6, 6.07) is 21.5. The number of rotatable bonds is 7. The first-order chi connectivity index (χ1) is 13.5. The van der Waals surface area contributed by atoms with Crippen molar-refractivity contribution in [2.45, 2.75) is 20.4 Å². The summed E-state index contributed by atoms with van der Waals surface area (Å²) < 4.78 is 6.46. The molecule has 3 aromatic carbocycles. The summed E-state index contributed by atoms with van der Waals surface area (Å²) in [6.45, 7) is 4.87. The summed E-state index contributed by atoms with van der Waals surface area (Å²) in [5, 5.41) is 6.23. The molecule has 2 N–H and O–H groups in total. The summed E-state index contributed by atoms with van der Waals surface area (Å²) in [5.41, 5.74) is 5.51. The second-order valence-electron chi connectivity index (χ2n) is 6.62. The van der Waals surface area contributed by atoms with Gasteiger partial charge in [0.05, 0.1) is 4.47 Å². The van der Waals surface area contributed by atoms with Crippen molar-refractivity contribution in [3.05, 3.63) is 87.9 Å². The number of hydrogen-bond donors (Lipinski definition) is 2. The SMILES string of the molecule is Cc1ccc(NCc2ccc(OCC(=O)Nc3ccccc3)c(Br)c2)cc1C. The van der Waals surface area contributed by atoms with Crippen LogP contribution in [0.5, 0.6) is 5.75 Å². The normalized spacial score (nSPS) is 10.4. The molecule has 0 aliphatic rings. The molecule has 0 spiro atoms. The molecule has 28 heavy (non-hydrogen) atoms. The third-order valence-electron chi connectivity index (χ3n) is 4.42. The molecule has 0 saturated heterocycles. The molecule has 3 aromatic rings. The van der Waals surface area contributed by atoms with Gasteiger partial charge in [-0.2, -0.15) is 0 Å². The fourth-order valence-electron chi connectivity index (χ4n) is 2.69. The van der Waals surface area contributed by atoms with Crippen LogP contribution in [0.3, 0.4) is 0 Å². The first-order valence-corrected chi connectivity index (χ1v) is 9.88. The van der Waals surface area contributed by atoms with Crippen LogP contribution in [0, 0.1) is 13.8 Å². The fraction of sp³-hybridized carbons (Fsp3) is 0.174.